The molecule has 2 rings (SSSR count). The third-order valence-corrected chi connectivity index (χ3v) is 4.41. The van der Waals surface area contributed by atoms with Crippen molar-refractivity contribution in [2.75, 3.05) is 20.1 Å². The van der Waals surface area contributed by atoms with Crippen LogP contribution in [-0.2, 0) is 5.41 Å². The highest BCUT2D eigenvalue weighted by atomic mass is 19.1. The molecular weight excluding hydrogens is 229 g/mol. The van der Waals surface area contributed by atoms with Gasteiger partial charge in [-0.1, -0.05) is 12.1 Å². The summed E-state index contributed by atoms with van der Waals surface area (Å²) >= 11 is 0. The van der Waals surface area contributed by atoms with Gasteiger partial charge in [-0.05, 0) is 64.5 Å². The quantitative estimate of drug-likeness (QED) is 0.873. The summed E-state index contributed by atoms with van der Waals surface area (Å²) in [4.78, 5) is 2.27. The topological polar surface area (TPSA) is 23.5 Å². The van der Waals surface area contributed by atoms with Crippen LogP contribution in [0.2, 0.25) is 0 Å². The van der Waals surface area contributed by atoms with Crippen molar-refractivity contribution in [3.8, 4) is 0 Å². The van der Waals surface area contributed by atoms with Gasteiger partial charge in [-0.2, -0.15) is 0 Å². The molecule has 0 radical (unpaired) electrons. The number of nitrogens with zero attached hydrogens (tertiary/aromatic N) is 1. The highest BCUT2D eigenvalue weighted by Gasteiger charge is 2.46. The maximum Gasteiger partial charge on any atom is 0.123 e. The van der Waals surface area contributed by atoms with Crippen LogP contribution in [0.25, 0.3) is 0 Å². The molecule has 100 valence electrons. The van der Waals surface area contributed by atoms with E-state index in [1.54, 1.807) is 0 Å². The van der Waals surface area contributed by atoms with E-state index in [4.69, 9.17) is 0 Å². The smallest absolute Gasteiger partial charge is 0.123 e. The molecule has 1 aromatic carbocycles. The van der Waals surface area contributed by atoms with Crippen molar-refractivity contribution in [2.45, 2.75) is 37.7 Å². The van der Waals surface area contributed by atoms with Crippen molar-refractivity contribution in [1.29, 1.82) is 0 Å². The fraction of sp³-hybridized carbons (Fsp3) is 0.600. The first-order valence-electron chi connectivity index (χ1n) is 6.52. The minimum absolute atomic E-state index is 0.224. The third-order valence-electron chi connectivity index (χ3n) is 4.41. The van der Waals surface area contributed by atoms with Crippen LogP contribution in [0.3, 0.4) is 0 Å². The van der Waals surface area contributed by atoms with E-state index in [2.05, 4.69) is 11.9 Å². The molecule has 1 aromatic rings. The normalized spacial score (nSPS) is 20.9. The highest BCUT2D eigenvalue weighted by Crippen LogP contribution is 2.43. The summed E-state index contributed by atoms with van der Waals surface area (Å²) in [6.07, 6.45) is 1.80. The predicted octanol–water partition coefficient (Wildman–Crippen LogP) is 2.56. The maximum absolute atomic E-state index is 13.1. The summed E-state index contributed by atoms with van der Waals surface area (Å²) in [7, 11) is 2.10. The molecule has 0 spiro atoms. The van der Waals surface area contributed by atoms with Gasteiger partial charge in [0.15, 0.2) is 0 Å². The first kappa shape index (κ1) is 13.5. The molecule has 3 heteroatoms. The number of halogens is 1. The first-order chi connectivity index (χ1) is 8.35. The van der Waals surface area contributed by atoms with Crippen LogP contribution in [0.5, 0.6) is 0 Å². The summed E-state index contributed by atoms with van der Waals surface area (Å²) in [5.41, 5.74) is -0.0243. The lowest BCUT2D eigenvalue weighted by molar-refractivity contribution is -0.0362. The Labute approximate surface area is 108 Å². The molecule has 2 nitrogen and oxygen atoms in total. The maximum atomic E-state index is 13.1. The van der Waals surface area contributed by atoms with E-state index in [0.29, 0.717) is 0 Å². The van der Waals surface area contributed by atoms with Crippen molar-refractivity contribution in [1.82, 2.24) is 4.90 Å². The average Bonchev–Trinajstić information content (AvgIpc) is 2.30. The average molecular weight is 251 g/mol. The van der Waals surface area contributed by atoms with E-state index < -0.39 is 5.60 Å². The van der Waals surface area contributed by atoms with Gasteiger partial charge in [0, 0.05) is 5.41 Å². The Balaban J connectivity index is 2.40. The minimum Gasteiger partial charge on any atom is -0.390 e. The number of piperidine rings is 1. The summed E-state index contributed by atoms with van der Waals surface area (Å²) < 4.78 is 13.1. The molecule has 18 heavy (non-hydrogen) atoms. The zero-order valence-corrected chi connectivity index (χ0v) is 11.4. The Morgan fingerprint density at radius 2 is 1.67 bits per heavy atom. The third kappa shape index (κ3) is 2.29. The lowest BCUT2D eigenvalue weighted by atomic mass is 9.63. The van der Waals surface area contributed by atoms with Gasteiger partial charge < -0.3 is 10.0 Å². The summed E-state index contributed by atoms with van der Waals surface area (Å²) in [5.74, 6) is -0.224. The lowest BCUT2D eigenvalue weighted by Crippen LogP contribution is -2.53. The van der Waals surface area contributed by atoms with E-state index in [9.17, 15) is 9.50 Å². The van der Waals surface area contributed by atoms with E-state index in [1.165, 1.54) is 12.1 Å². The predicted molar refractivity (Wildman–Crippen MR) is 71.1 cm³/mol. The summed E-state index contributed by atoms with van der Waals surface area (Å²) in [6.45, 7) is 5.64. The second-order valence-electron chi connectivity index (χ2n) is 5.95. The van der Waals surface area contributed by atoms with Gasteiger partial charge in [0.2, 0.25) is 0 Å². The van der Waals surface area contributed by atoms with E-state index in [1.807, 2.05) is 26.0 Å². The Morgan fingerprint density at radius 1 is 1.17 bits per heavy atom. The van der Waals surface area contributed by atoms with Crippen molar-refractivity contribution in [3.63, 3.8) is 0 Å². The monoisotopic (exact) mass is 251 g/mol. The highest BCUT2D eigenvalue weighted by molar-refractivity contribution is 5.30. The second-order valence-corrected chi connectivity index (χ2v) is 5.95. The Kier molecular flexibility index (Phi) is 3.47. The summed E-state index contributed by atoms with van der Waals surface area (Å²) in [5, 5.41) is 10.6. The van der Waals surface area contributed by atoms with Crippen LogP contribution in [-0.4, -0.2) is 35.7 Å². The largest absolute Gasteiger partial charge is 0.390 e. The molecule has 0 unspecified atom stereocenters. The molecule has 0 aliphatic carbocycles. The molecular formula is C15H22FNO. The van der Waals surface area contributed by atoms with E-state index in [-0.39, 0.29) is 11.2 Å². The number of hydrogen-bond acceptors (Lipinski definition) is 2. The molecule has 1 aliphatic rings. The standard InChI is InChI=1S/C15H22FNO/c1-14(2,18)15(8-10-17(3)11-9-15)12-4-6-13(16)7-5-12/h4-7,18H,8-11H2,1-3H3. The molecule has 1 heterocycles. The SMILES string of the molecule is CN1CCC(c2ccc(F)cc2)(C(C)(C)O)CC1. The van der Waals surface area contributed by atoms with Crippen molar-refractivity contribution in [3.05, 3.63) is 35.6 Å². The van der Waals surface area contributed by atoms with Crippen LogP contribution < -0.4 is 0 Å². The van der Waals surface area contributed by atoms with Gasteiger partial charge >= 0.3 is 0 Å². The Bertz CT molecular complexity index is 399. The molecule has 1 fully saturated rings. The van der Waals surface area contributed by atoms with Crippen LogP contribution in [0.1, 0.15) is 32.3 Å². The molecule has 0 atom stereocenters. The zero-order valence-electron chi connectivity index (χ0n) is 11.4. The number of hydrogen-bond donors (Lipinski definition) is 1. The molecule has 0 saturated carbocycles. The molecule has 0 aromatic heterocycles. The lowest BCUT2D eigenvalue weighted by Gasteiger charge is -2.48. The van der Waals surface area contributed by atoms with Crippen LogP contribution in [0.15, 0.2) is 24.3 Å². The summed E-state index contributed by atoms with van der Waals surface area (Å²) in [6, 6.07) is 6.61. The van der Waals surface area contributed by atoms with Gasteiger partial charge in [-0.3, -0.25) is 0 Å². The Morgan fingerprint density at radius 3 is 2.11 bits per heavy atom. The first-order valence-corrected chi connectivity index (χ1v) is 6.52. The number of benzene rings is 1. The van der Waals surface area contributed by atoms with Gasteiger partial charge in [0.1, 0.15) is 5.82 Å². The van der Waals surface area contributed by atoms with Crippen LogP contribution in [0, 0.1) is 5.82 Å². The Hall–Kier alpha value is -0.930. The number of rotatable bonds is 2. The number of likely N-dealkylation sites (tertiary alicyclic amines) is 1. The van der Waals surface area contributed by atoms with Crippen LogP contribution >= 0.6 is 0 Å². The minimum atomic E-state index is -0.800. The van der Waals surface area contributed by atoms with Gasteiger partial charge in [0.05, 0.1) is 5.60 Å². The van der Waals surface area contributed by atoms with E-state index >= 15 is 0 Å². The molecule has 1 saturated heterocycles. The number of aliphatic hydroxyl groups is 1. The molecule has 0 amide bonds. The van der Waals surface area contributed by atoms with Crippen LogP contribution in [0.4, 0.5) is 4.39 Å². The van der Waals surface area contributed by atoms with Gasteiger partial charge in [0.25, 0.3) is 0 Å². The zero-order chi connectivity index (χ0) is 13.4. The molecule has 1 N–H and O–H groups in total. The van der Waals surface area contributed by atoms with Crippen molar-refractivity contribution >= 4 is 0 Å². The molecule has 1 aliphatic heterocycles. The van der Waals surface area contributed by atoms with E-state index in [0.717, 1.165) is 31.5 Å². The van der Waals surface area contributed by atoms with Crippen molar-refractivity contribution < 1.29 is 9.50 Å². The molecule has 0 bridgehead atoms. The van der Waals surface area contributed by atoms with Gasteiger partial charge in [-0.25, -0.2) is 4.39 Å². The fourth-order valence-electron chi connectivity index (χ4n) is 3.02. The van der Waals surface area contributed by atoms with Crippen molar-refractivity contribution in [2.24, 2.45) is 0 Å². The second kappa shape index (κ2) is 4.63. The fourth-order valence-corrected chi connectivity index (χ4v) is 3.02. The van der Waals surface area contributed by atoms with Gasteiger partial charge in [-0.15, -0.1) is 0 Å².